The minimum atomic E-state index is -0.706. The lowest BCUT2D eigenvalue weighted by Crippen LogP contribution is -2.33. The fourth-order valence-corrected chi connectivity index (χ4v) is 3.88. The Morgan fingerprint density at radius 1 is 1.19 bits per heavy atom. The van der Waals surface area contributed by atoms with E-state index in [4.69, 9.17) is 5.11 Å². The van der Waals surface area contributed by atoms with Crippen molar-refractivity contribution in [2.75, 3.05) is 13.1 Å². The normalized spacial score (nSPS) is 31.7. The number of benzene rings is 1. The largest absolute Gasteiger partial charge is 0.481 e. The topological polar surface area (TPSA) is 57.6 Å². The van der Waals surface area contributed by atoms with Gasteiger partial charge in [0.1, 0.15) is 0 Å². The lowest BCUT2D eigenvalue weighted by atomic mass is 9.92. The molecule has 1 unspecified atom stereocenters. The van der Waals surface area contributed by atoms with E-state index < -0.39 is 5.97 Å². The molecule has 1 aromatic carbocycles. The summed E-state index contributed by atoms with van der Waals surface area (Å²) < 4.78 is 0. The Bertz CT molecular complexity index is 623. The number of fused-ring (bicyclic) bond motifs is 1. The van der Waals surface area contributed by atoms with Crippen molar-refractivity contribution in [2.24, 2.45) is 17.8 Å². The highest BCUT2D eigenvalue weighted by Gasteiger charge is 2.60. The van der Waals surface area contributed by atoms with Crippen LogP contribution < -0.4 is 0 Å². The standard InChI is InChI=1S/C17H19NO3/c1-17(6-7-17)13-5-3-2-4-10(13)15(19)18-8-11-12(9-18)14(11)16(20)21/h2-5,11-12,14H,6-9H2,1H3,(H,20,21)/t11-,12+,14?. The van der Waals surface area contributed by atoms with Crippen molar-refractivity contribution in [3.05, 3.63) is 35.4 Å². The van der Waals surface area contributed by atoms with E-state index in [2.05, 4.69) is 13.0 Å². The molecule has 110 valence electrons. The summed E-state index contributed by atoms with van der Waals surface area (Å²) in [6, 6.07) is 7.90. The SMILES string of the molecule is CC1(c2ccccc2C(=O)N2C[C@@H]3C(C(=O)O)[C@@H]3C2)CC1. The van der Waals surface area contributed by atoms with E-state index in [0.29, 0.717) is 13.1 Å². The van der Waals surface area contributed by atoms with Gasteiger partial charge in [-0.15, -0.1) is 0 Å². The van der Waals surface area contributed by atoms with E-state index in [1.54, 1.807) is 0 Å². The third kappa shape index (κ3) is 1.88. The molecule has 1 aromatic rings. The average Bonchev–Trinajstić information content (AvgIpc) is 3.34. The van der Waals surface area contributed by atoms with Gasteiger partial charge in [0, 0.05) is 18.7 Å². The van der Waals surface area contributed by atoms with Gasteiger partial charge >= 0.3 is 5.97 Å². The molecule has 1 saturated heterocycles. The second-order valence-corrected chi connectivity index (χ2v) is 7.01. The Morgan fingerprint density at radius 3 is 2.38 bits per heavy atom. The highest BCUT2D eigenvalue weighted by atomic mass is 16.4. The maximum atomic E-state index is 12.8. The van der Waals surface area contributed by atoms with Gasteiger partial charge in [-0.25, -0.2) is 0 Å². The minimum Gasteiger partial charge on any atom is -0.481 e. The van der Waals surface area contributed by atoms with Crippen molar-refractivity contribution in [3.63, 3.8) is 0 Å². The third-order valence-electron chi connectivity index (χ3n) is 5.57. The van der Waals surface area contributed by atoms with Gasteiger partial charge in [0.15, 0.2) is 0 Å². The fraction of sp³-hybridized carbons (Fsp3) is 0.529. The lowest BCUT2D eigenvalue weighted by Gasteiger charge is -2.22. The molecule has 2 aliphatic carbocycles. The van der Waals surface area contributed by atoms with Crippen LogP contribution in [0.3, 0.4) is 0 Å². The summed E-state index contributed by atoms with van der Waals surface area (Å²) in [5, 5.41) is 9.06. The van der Waals surface area contributed by atoms with Crippen LogP contribution in [0.5, 0.6) is 0 Å². The first-order valence-corrected chi connectivity index (χ1v) is 7.63. The van der Waals surface area contributed by atoms with Crippen molar-refractivity contribution in [1.29, 1.82) is 0 Å². The van der Waals surface area contributed by atoms with Crippen molar-refractivity contribution in [3.8, 4) is 0 Å². The molecule has 2 saturated carbocycles. The van der Waals surface area contributed by atoms with Gasteiger partial charge in [-0.1, -0.05) is 25.1 Å². The number of rotatable bonds is 3. The number of aliphatic carboxylic acids is 1. The number of carboxylic acids is 1. The summed E-state index contributed by atoms with van der Waals surface area (Å²) in [5.41, 5.74) is 2.13. The first kappa shape index (κ1) is 12.9. The maximum absolute atomic E-state index is 12.8. The number of hydrogen-bond acceptors (Lipinski definition) is 2. The number of piperidine rings is 1. The van der Waals surface area contributed by atoms with Gasteiger partial charge in [-0.3, -0.25) is 9.59 Å². The van der Waals surface area contributed by atoms with Crippen LogP contribution in [0.4, 0.5) is 0 Å². The molecule has 21 heavy (non-hydrogen) atoms. The highest BCUT2D eigenvalue weighted by Crippen LogP contribution is 2.53. The molecular weight excluding hydrogens is 266 g/mol. The maximum Gasteiger partial charge on any atom is 0.307 e. The Labute approximate surface area is 123 Å². The van der Waals surface area contributed by atoms with Gasteiger partial charge in [-0.2, -0.15) is 0 Å². The molecule has 0 aromatic heterocycles. The van der Waals surface area contributed by atoms with Crippen LogP contribution in [-0.4, -0.2) is 35.0 Å². The molecule has 3 atom stereocenters. The van der Waals surface area contributed by atoms with E-state index in [9.17, 15) is 9.59 Å². The molecule has 1 N–H and O–H groups in total. The Morgan fingerprint density at radius 2 is 1.81 bits per heavy atom. The van der Waals surface area contributed by atoms with E-state index in [-0.39, 0.29) is 29.1 Å². The molecule has 0 radical (unpaired) electrons. The summed E-state index contributed by atoms with van der Waals surface area (Å²) in [5.74, 6) is -0.492. The first-order chi connectivity index (χ1) is 10.0. The smallest absolute Gasteiger partial charge is 0.307 e. The monoisotopic (exact) mass is 285 g/mol. The van der Waals surface area contributed by atoms with E-state index >= 15 is 0 Å². The number of nitrogens with zero attached hydrogens (tertiary/aromatic N) is 1. The summed E-state index contributed by atoms with van der Waals surface area (Å²) in [4.78, 5) is 25.6. The van der Waals surface area contributed by atoms with Gasteiger partial charge in [0.05, 0.1) is 5.92 Å². The van der Waals surface area contributed by atoms with Crippen LogP contribution in [0, 0.1) is 17.8 Å². The van der Waals surface area contributed by atoms with Gasteiger partial charge < -0.3 is 10.0 Å². The third-order valence-corrected chi connectivity index (χ3v) is 5.57. The van der Waals surface area contributed by atoms with Crippen LogP contribution in [0.2, 0.25) is 0 Å². The Balaban J connectivity index is 1.54. The van der Waals surface area contributed by atoms with E-state index in [1.165, 1.54) is 0 Å². The number of carbonyl (C=O) groups is 2. The molecule has 1 amide bonds. The molecule has 4 rings (SSSR count). The van der Waals surface area contributed by atoms with E-state index in [1.807, 2.05) is 23.1 Å². The Hall–Kier alpha value is -1.84. The Kier molecular flexibility index (Phi) is 2.51. The molecule has 1 heterocycles. The van der Waals surface area contributed by atoms with Crippen LogP contribution in [-0.2, 0) is 10.2 Å². The number of amides is 1. The zero-order valence-electron chi connectivity index (χ0n) is 12.1. The van der Waals surface area contributed by atoms with Crippen molar-refractivity contribution >= 4 is 11.9 Å². The van der Waals surface area contributed by atoms with Gasteiger partial charge in [0.2, 0.25) is 0 Å². The summed E-state index contributed by atoms with van der Waals surface area (Å²) in [6.07, 6.45) is 2.28. The predicted octanol–water partition coefficient (Wildman–Crippen LogP) is 2.14. The van der Waals surface area contributed by atoms with Gasteiger partial charge in [-0.05, 0) is 41.7 Å². The van der Waals surface area contributed by atoms with Crippen molar-refractivity contribution in [2.45, 2.75) is 25.2 Å². The second kappa shape index (κ2) is 4.09. The van der Waals surface area contributed by atoms with Crippen molar-refractivity contribution < 1.29 is 14.7 Å². The first-order valence-electron chi connectivity index (χ1n) is 7.63. The molecular formula is C17H19NO3. The number of carbonyl (C=O) groups excluding carboxylic acids is 1. The number of hydrogen-bond donors (Lipinski definition) is 1. The molecule has 0 spiro atoms. The van der Waals surface area contributed by atoms with Crippen LogP contribution in [0.15, 0.2) is 24.3 Å². The molecule has 4 nitrogen and oxygen atoms in total. The zero-order chi connectivity index (χ0) is 14.8. The highest BCUT2D eigenvalue weighted by molar-refractivity contribution is 5.96. The molecule has 0 bridgehead atoms. The number of carboxylic acid groups (broad SMARTS) is 1. The summed E-state index contributed by atoms with van der Waals surface area (Å²) in [7, 11) is 0. The van der Waals surface area contributed by atoms with Crippen LogP contribution in [0.25, 0.3) is 0 Å². The molecule has 3 aliphatic rings. The van der Waals surface area contributed by atoms with Gasteiger partial charge in [0.25, 0.3) is 5.91 Å². The van der Waals surface area contributed by atoms with Crippen LogP contribution >= 0.6 is 0 Å². The molecule has 4 heteroatoms. The van der Waals surface area contributed by atoms with Crippen molar-refractivity contribution in [1.82, 2.24) is 4.90 Å². The molecule has 1 aliphatic heterocycles. The number of likely N-dealkylation sites (tertiary alicyclic amines) is 1. The second-order valence-electron chi connectivity index (χ2n) is 7.01. The zero-order valence-corrected chi connectivity index (χ0v) is 12.1. The predicted molar refractivity (Wildman–Crippen MR) is 77.0 cm³/mol. The quantitative estimate of drug-likeness (QED) is 0.925. The summed E-state index contributed by atoms with van der Waals surface area (Å²) in [6.45, 7) is 3.41. The van der Waals surface area contributed by atoms with Crippen LogP contribution in [0.1, 0.15) is 35.7 Å². The fourth-order valence-electron chi connectivity index (χ4n) is 3.88. The van der Waals surface area contributed by atoms with E-state index in [0.717, 1.165) is 24.0 Å². The minimum absolute atomic E-state index is 0.0788. The summed E-state index contributed by atoms with van der Waals surface area (Å²) >= 11 is 0. The average molecular weight is 285 g/mol. The lowest BCUT2D eigenvalue weighted by molar-refractivity contribution is -0.139. The molecule has 3 fully saturated rings.